The topological polar surface area (TPSA) is 88.4 Å². The zero-order valence-electron chi connectivity index (χ0n) is 15.5. The van der Waals surface area contributed by atoms with Crippen LogP contribution < -0.4 is 10.6 Å². The van der Waals surface area contributed by atoms with E-state index in [-0.39, 0.29) is 42.8 Å². The van der Waals surface area contributed by atoms with Crippen LogP contribution in [0.2, 0.25) is 0 Å². The maximum Gasteiger partial charge on any atom is 0.417 e. The van der Waals surface area contributed by atoms with Crippen LogP contribution in [0.1, 0.15) is 33.7 Å². The van der Waals surface area contributed by atoms with Crippen molar-refractivity contribution in [3.63, 3.8) is 0 Å². The smallest absolute Gasteiger partial charge is 0.352 e. The van der Waals surface area contributed by atoms with E-state index < -0.39 is 11.7 Å². The Kier molecular flexibility index (Phi) is 5.81. The fourth-order valence-electron chi connectivity index (χ4n) is 2.67. The van der Waals surface area contributed by atoms with E-state index in [9.17, 15) is 22.8 Å². The van der Waals surface area contributed by atoms with Gasteiger partial charge in [-0.2, -0.15) is 13.2 Å². The third-order valence-corrected chi connectivity index (χ3v) is 4.16. The highest BCUT2D eigenvalue weighted by Gasteiger charge is 2.31. The van der Waals surface area contributed by atoms with Crippen molar-refractivity contribution in [1.82, 2.24) is 25.2 Å². The molecular weight excluding hydrogens is 387 g/mol. The van der Waals surface area contributed by atoms with E-state index in [2.05, 4.69) is 20.8 Å². The number of nitrogens with zero attached hydrogens (tertiary/aromatic N) is 3. The largest absolute Gasteiger partial charge is 0.417 e. The van der Waals surface area contributed by atoms with Crippen LogP contribution in [0.15, 0.2) is 42.6 Å². The van der Waals surface area contributed by atoms with E-state index >= 15 is 0 Å². The SMILES string of the molecule is Cc1cccc(C(=O)NCCC(=O)NCc2nnc3ccc(C(F)(F)F)cn23)c1. The van der Waals surface area contributed by atoms with Gasteiger partial charge in [-0.05, 0) is 31.2 Å². The van der Waals surface area contributed by atoms with Crippen molar-refractivity contribution in [2.75, 3.05) is 6.54 Å². The highest BCUT2D eigenvalue weighted by molar-refractivity contribution is 5.94. The van der Waals surface area contributed by atoms with Gasteiger partial charge in [-0.3, -0.25) is 14.0 Å². The van der Waals surface area contributed by atoms with Gasteiger partial charge in [-0.25, -0.2) is 0 Å². The normalized spacial score (nSPS) is 11.4. The van der Waals surface area contributed by atoms with Crippen molar-refractivity contribution in [3.8, 4) is 0 Å². The molecule has 0 saturated heterocycles. The number of benzene rings is 1. The Bertz CT molecular complexity index is 1050. The molecule has 0 aliphatic carbocycles. The molecule has 3 aromatic rings. The predicted octanol–water partition coefficient (Wildman–Crippen LogP) is 2.49. The standard InChI is InChI=1S/C19H18F3N5O2/c1-12-3-2-4-13(9-12)18(29)23-8-7-17(28)24-10-16-26-25-15-6-5-14(11-27(15)16)19(20,21)22/h2-6,9,11H,7-8,10H2,1H3,(H,23,29)(H,24,28). The average molecular weight is 405 g/mol. The number of fused-ring (bicyclic) bond motifs is 1. The minimum absolute atomic E-state index is 0.0160. The summed E-state index contributed by atoms with van der Waals surface area (Å²) in [6.07, 6.45) is -3.59. The number of halogens is 3. The van der Waals surface area contributed by atoms with Gasteiger partial charge < -0.3 is 10.6 Å². The summed E-state index contributed by atoms with van der Waals surface area (Å²) in [6.45, 7) is 1.90. The summed E-state index contributed by atoms with van der Waals surface area (Å²) in [6, 6.07) is 9.18. The van der Waals surface area contributed by atoms with Crippen LogP contribution in [0.3, 0.4) is 0 Å². The number of carbonyl (C=O) groups excluding carboxylic acids is 2. The summed E-state index contributed by atoms with van der Waals surface area (Å²) in [4.78, 5) is 24.0. The second kappa shape index (κ2) is 8.29. The van der Waals surface area contributed by atoms with Crippen LogP contribution in [0.25, 0.3) is 5.65 Å². The molecule has 0 radical (unpaired) electrons. The first kappa shape index (κ1) is 20.3. The van der Waals surface area contributed by atoms with Gasteiger partial charge >= 0.3 is 6.18 Å². The van der Waals surface area contributed by atoms with E-state index in [0.29, 0.717) is 5.56 Å². The molecular formula is C19H18F3N5O2. The van der Waals surface area contributed by atoms with Crippen molar-refractivity contribution in [2.24, 2.45) is 0 Å². The lowest BCUT2D eigenvalue weighted by Gasteiger charge is -2.08. The average Bonchev–Trinajstić information content (AvgIpc) is 3.08. The Labute approximate surface area is 163 Å². The zero-order valence-corrected chi connectivity index (χ0v) is 15.5. The molecule has 10 heteroatoms. The first-order valence-electron chi connectivity index (χ1n) is 8.76. The molecule has 29 heavy (non-hydrogen) atoms. The number of alkyl halides is 3. The maximum atomic E-state index is 12.9. The van der Waals surface area contributed by atoms with Gasteiger partial charge in [-0.15, -0.1) is 10.2 Å². The van der Waals surface area contributed by atoms with Gasteiger partial charge in [-0.1, -0.05) is 17.7 Å². The molecule has 0 aliphatic heterocycles. The number of hydrogen-bond acceptors (Lipinski definition) is 4. The molecule has 7 nitrogen and oxygen atoms in total. The van der Waals surface area contributed by atoms with Crippen molar-refractivity contribution >= 4 is 17.5 Å². The molecule has 0 fully saturated rings. The van der Waals surface area contributed by atoms with E-state index in [1.807, 2.05) is 13.0 Å². The number of carbonyl (C=O) groups is 2. The van der Waals surface area contributed by atoms with Crippen molar-refractivity contribution < 1.29 is 22.8 Å². The molecule has 1 aromatic carbocycles. The van der Waals surface area contributed by atoms with Gasteiger partial charge in [0.1, 0.15) is 0 Å². The predicted molar refractivity (Wildman–Crippen MR) is 98.0 cm³/mol. The molecule has 0 bridgehead atoms. The Morgan fingerprint density at radius 2 is 1.90 bits per heavy atom. The second-order valence-corrected chi connectivity index (χ2v) is 6.41. The quantitative estimate of drug-likeness (QED) is 0.660. The number of pyridine rings is 1. The molecule has 0 aliphatic rings. The minimum Gasteiger partial charge on any atom is -0.352 e. The van der Waals surface area contributed by atoms with E-state index in [4.69, 9.17) is 0 Å². The molecule has 2 N–H and O–H groups in total. The summed E-state index contributed by atoms with van der Waals surface area (Å²) >= 11 is 0. The zero-order chi connectivity index (χ0) is 21.0. The monoisotopic (exact) mass is 405 g/mol. The van der Waals surface area contributed by atoms with Crippen LogP contribution in [-0.4, -0.2) is 33.0 Å². The lowest BCUT2D eigenvalue weighted by molar-refractivity contribution is -0.137. The molecule has 0 atom stereocenters. The molecule has 0 saturated carbocycles. The number of amides is 2. The number of aromatic nitrogens is 3. The van der Waals surface area contributed by atoms with Crippen LogP contribution in [-0.2, 0) is 17.5 Å². The summed E-state index contributed by atoms with van der Waals surface area (Å²) in [7, 11) is 0. The number of aryl methyl sites for hydroxylation is 1. The van der Waals surface area contributed by atoms with Gasteiger partial charge in [0.05, 0.1) is 12.1 Å². The van der Waals surface area contributed by atoms with Crippen LogP contribution >= 0.6 is 0 Å². The maximum absolute atomic E-state index is 12.9. The molecule has 0 spiro atoms. The Morgan fingerprint density at radius 3 is 2.62 bits per heavy atom. The van der Waals surface area contributed by atoms with Gasteiger partial charge in [0, 0.05) is 24.7 Å². The van der Waals surface area contributed by atoms with Crippen LogP contribution in [0, 0.1) is 6.92 Å². The molecule has 2 heterocycles. The molecule has 2 aromatic heterocycles. The summed E-state index contributed by atoms with van der Waals surface area (Å²) in [5, 5.41) is 12.8. The third-order valence-electron chi connectivity index (χ3n) is 4.16. The first-order chi connectivity index (χ1) is 13.7. The lowest BCUT2D eigenvalue weighted by Crippen LogP contribution is -2.30. The van der Waals surface area contributed by atoms with Crippen LogP contribution in [0.4, 0.5) is 13.2 Å². The van der Waals surface area contributed by atoms with E-state index in [0.717, 1.165) is 17.8 Å². The second-order valence-electron chi connectivity index (χ2n) is 6.41. The summed E-state index contributed by atoms with van der Waals surface area (Å²) in [5.41, 5.74) is 0.856. The third kappa shape index (κ3) is 5.09. The van der Waals surface area contributed by atoms with Crippen LogP contribution in [0.5, 0.6) is 0 Å². The molecule has 2 amide bonds. The fraction of sp³-hybridized carbons (Fsp3) is 0.263. The van der Waals surface area contributed by atoms with Gasteiger partial charge in [0.2, 0.25) is 5.91 Å². The van der Waals surface area contributed by atoms with E-state index in [1.54, 1.807) is 18.2 Å². The van der Waals surface area contributed by atoms with Gasteiger partial charge in [0.25, 0.3) is 5.91 Å². The Morgan fingerprint density at radius 1 is 1.10 bits per heavy atom. The summed E-state index contributed by atoms with van der Waals surface area (Å²) < 4.78 is 39.8. The number of rotatable bonds is 6. The fourth-order valence-corrected chi connectivity index (χ4v) is 2.67. The summed E-state index contributed by atoms with van der Waals surface area (Å²) in [5.74, 6) is -0.494. The van der Waals surface area contributed by atoms with E-state index in [1.165, 1.54) is 10.5 Å². The van der Waals surface area contributed by atoms with Crippen molar-refractivity contribution in [1.29, 1.82) is 0 Å². The molecule has 3 rings (SSSR count). The Hall–Kier alpha value is -3.43. The van der Waals surface area contributed by atoms with Crippen molar-refractivity contribution in [3.05, 3.63) is 65.1 Å². The molecule has 0 unspecified atom stereocenters. The number of hydrogen-bond donors (Lipinski definition) is 2. The minimum atomic E-state index is -4.49. The number of nitrogens with one attached hydrogen (secondary N) is 2. The highest BCUT2D eigenvalue weighted by atomic mass is 19.4. The van der Waals surface area contributed by atoms with Crippen molar-refractivity contribution in [2.45, 2.75) is 26.1 Å². The first-order valence-corrected chi connectivity index (χ1v) is 8.76. The highest BCUT2D eigenvalue weighted by Crippen LogP contribution is 2.29. The Balaban J connectivity index is 1.52. The molecule has 152 valence electrons. The lowest BCUT2D eigenvalue weighted by atomic mass is 10.1. The van der Waals surface area contributed by atoms with Gasteiger partial charge in [0.15, 0.2) is 11.5 Å².